The zero-order chi connectivity index (χ0) is 25.1. The van der Waals surface area contributed by atoms with Crippen LogP contribution in [0.2, 0.25) is 0 Å². The highest BCUT2D eigenvalue weighted by Gasteiger charge is 2.23. The average Bonchev–Trinajstić information content (AvgIpc) is 2.91. The lowest BCUT2D eigenvalue weighted by Crippen LogP contribution is -2.22. The van der Waals surface area contributed by atoms with E-state index in [1.54, 1.807) is 31.2 Å². The number of benzene rings is 5. The predicted octanol–water partition coefficient (Wildman–Crippen LogP) is 6.86. The van der Waals surface area contributed by atoms with E-state index >= 15 is 0 Å². The summed E-state index contributed by atoms with van der Waals surface area (Å²) in [4.78, 5) is 12.3. The lowest BCUT2D eigenvalue weighted by Gasteiger charge is -2.24. The molecule has 0 atom stereocenters. The van der Waals surface area contributed by atoms with E-state index in [-0.39, 0.29) is 24.0 Å². The molecule has 178 valence electrons. The smallest absolute Gasteiger partial charge is 0.310 e. The number of hydrogen-bond donors (Lipinski definition) is 0. The average molecular weight is 496 g/mol. The highest BCUT2D eigenvalue weighted by Crippen LogP contribution is 2.42. The highest BCUT2D eigenvalue weighted by atomic mass is 31.1. The maximum absolute atomic E-state index is 13.8. The first-order valence-electron chi connectivity index (χ1n) is 11.7. The van der Waals surface area contributed by atoms with Gasteiger partial charge in [0, 0.05) is 12.0 Å². The molecule has 2 nitrogen and oxygen atoms in total. The van der Waals surface area contributed by atoms with E-state index in [9.17, 15) is 13.6 Å². The van der Waals surface area contributed by atoms with Gasteiger partial charge in [-0.2, -0.15) is 0 Å². The van der Waals surface area contributed by atoms with Crippen LogP contribution in [0.4, 0.5) is 8.78 Å². The monoisotopic (exact) mass is 496 g/mol. The number of ether oxygens (including phenoxy) is 1. The molecule has 0 N–H and O–H groups in total. The molecule has 0 heterocycles. The van der Waals surface area contributed by atoms with Crippen molar-refractivity contribution in [3.63, 3.8) is 0 Å². The molecule has 0 saturated heterocycles. The van der Waals surface area contributed by atoms with E-state index in [4.69, 9.17) is 4.74 Å². The molecule has 5 rings (SSSR count). The molecule has 5 aromatic rings. The van der Waals surface area contributed by atoms with Crippen LogP contribution in [0, 0.1) is 11.6 Å². The van der Waals surface area contributed by atoms with Gasteiger partial charge in [0.15, 0.2) is 0 Å². The third-order valence-corrected chi connectivity index (χ3v) is 8.49. The Balaban J connectivity index is 1.79. The van der Waals surface area contributed by atoms with E-state index in [2.05, 4.69) is 0 Å². The fourth-order valence-corrected chi connectivity index (χ4v) is 6.71. The van der Waals surface area contributed by atoms with Crippen LogP contribution in [-0.2, 0) is 4.79 Å². The van der Waals surface area contributed by atoms with Crippen LogP contribution in [0.3, 0.4) is 0 Å². The minimum Gasteiger partial charge on any atom is -0.426 e. The van der Waals surface area contributed by atoms with Crippen molar-refractivity contribution in [2.45, 2.75) is 13.3 Å². The summed E-state index contributed by atoms with van der Waals surface area (Å²) >= 11 is 0. The Hall–Kier alpha value is -3.88. The van der Waals surface area contributed by atoms with Crippen molar-refractivity contribution in [3.8, 4) is 16.9 Å². The van der Waals surface area contributed by atoms with Gasteiger partial charge in [-0.25, -0.2) is 8.78 Å². The molecule has 0 aliphatic carbocycles. The van der Waals surface area contributed by atoms with Gasteiger partial charge in [-0.05, 0) is 70.5 Å². The molecule has 0 radical (unpaired) electrons. The largest absolute Gasteiger partial charge is 0.426 e. The van der Waals surface area contributed by atoms with Crippen LogP contribution in [0.25, 0.3) is 21.9 Å². The molecule has 0 bridgehead atoms. The van der Waals surface area contributed by atoms with Crippen molar-refractivity contribution < 1.29 is 18.3 Å². The summed E-state index contributed by atoms with van der Waals surface area (Å²) < 4.78 is 33.5. The number of halogens is 2. The van der Waals surface area contributed by atoms with Crippen molar-refractivity contribution in [2.75, 3.05) is 0 Å². The zero-order valence-electron chi connectivity index (χ0n) is 19.6. The molecule has 0 saturated carbocycles. The van der Waals surface area contributed by atoms with Gasteiger partial charge in [0.25, 0.3) is 0 Å². The topological polar surface area (TPSA) is 26.3 Å². The van der Waals surface area contributed by atoms with Gasteiger partial charge in [-0.1, -0.05) is 85.8 Å². The van der Waals surface area contributed by atoms with Gasteiger partial charge in [0.1, 0.15) is 17.4 Å². The van der Waals surface area contributed by atoms with Crippen molar-refractivity contribution in [1.29, 1.82) is 0 Å². The Morgan fingerprint density at radius 1 is 0.722 bits per heavy atom. The molecule has 5 heteroatoms. The Labute approximate surface area is 209 Å². The van der Waals surface area contributed by atoms with Crippen molar-refractivity contribution in [1.82, 2.24) is 0 Å². The second-order valence-electron chi connectivity index (χ2n) is 8.29. The fraction of sp³-hybridized carbons (Fsp3) is 0.0645. The maximum atomic E-state index is 13.8. The van der Waals surface area contributed by atoms with Crippen LogP contribution in [0.15, 0.2) is 109 Å². The first-order chi connectivity index (χ1) is 17.5. The van der Waals surface area contributed by atoms with Gasteiger partial charge >= 0.3 is 5.97 Å². The number of rotatable bonds is 6. The fourth-order valence-electron chi connectivity index (χ4n) is 4.30. The lowest BCUT2D eigenvalue weighted by atomic mass is 9.97. The molecule has 5 aromatic carbocycles. The molecular formula is C31H23F2O2P. The van der Waals surface area contributed by atoms with Gasteiger partial charge in [0.2, 0.25) is 0 Å². The van der Waals surface area contributed by atoms with E-state index in [0.29, 0.717) is 5.75 Å². The SMILES string of the molecule is CCC(=O)Oc1ccc2ccccc2c1-c1ccccc1P(c1ccc(F)cc1)c1ccc(F)cc1. The van der Waals surface area contributed by atoms with Crippen LogP contribution in [0.1, 0.15) is 13.3 Å². The lowest BCUT2D eigenvalue weighted by molar-refractivity contribution is -0.133. The minimum atomic E-state index is -1.18. The molecule has 0 aliphatic rings. The van der Waals surface area contributed by atoms with Crippen LogP contribution in [-0.4, -0.2) is 5.97 Å². The van der Waals surface area contributed by atoms with E-state index < -0.39 is 7.92 Å². The summed E-state index contributed by atoms with van der Waals surface area (Å²) in [6, 6.07) is 32.6. The quantitative estimate of drug-likeness (QED) is 0.146. The molecule has 36 heavy (non-hydrogen) atoms. The zero-order valence-corrected chi connectivity index (χ0v) is 20.5. The molecule has 0 amide bonds. The summed E-state index contributed by atoms with van der Waals surface area (Å²) in [5.74, 6) is -0.461. The summed E-state index contributed by atoms with van der Waals surface area (Å²) in [7, 11) is -1.18. The van der Waals surface area contributed by atoms with Crippen LogP contribution in [0.5, 0.6) is 5.75 Å². The number of esters is 1. The second-order valence-corrected chi connectivity index (χ2v) is 10.5. The van der Waals surface area contributed by atoms with E-state index in [1.165, 1.54) is 24.3 Å². The molecule has 0 unspecified atom stereocenters. The van der Waals surface area contributed by atoms with Crippen molar-refractivity contribution in [2.24, 2.45) is 0 Å². The first kappa shape index (κ1) is 23.8. The number of fused-ring (bicyclic) bond motifs is 1. The number of carbonyl (C=O) groups excluding carboxylic acids is 1. The Bertz CT molecular complexity index is 1480. The third-order valence-electron chi connectivity index (χ3n) is 5.99. The van der Waals surface area contributed by atoms with Gasteiger partial charge < -0.3 is 4.74 Å². The van der Waals surface area contributed by atoms with E-state index in [0.717, 1.165) is 37.8 Å². The predicted molar refractivity (Wildman–Crippen MR) is 144 cm³/mol. The molecule has 0 fully saturated rings. The van der Waals surface area contributed by atoms with Gasteiger partial charge in [-0.15, -0.1) is 0 Å². The normalized spacial score (nSPS) is 11.1. The maximum Gasteiger partial charge on any atom is 0.310 e. The molecule has 0 aromatic heterocycles. The summed E-state index contributed by atoms with van der Waals surface area (Å²) in [6.45, 7) is 1.76. The van der Waals surface area contributed by atoms with Gasteiger partial charge in [-0.3, -0.25) is 4.79 Å². The Morgan fingerprint density at radius 2 is 1.31 bits per heavy atom. The minimum absolute atomic E-state index is 0.256. The molecule has 0 aliphatic heterocycles. The summed E-state index contributed by atoms with van der Waals surface area (Å²) in [5, 5.41) is 4.83. The Morgan fingerprint density at radius 3 is 1.94 bits per heavy atom. The van der Waals surface area contributed by atoms with Gasteiger partial charge in [0.05, 0.1) is 0 Å². The number of carbonyl (C=O) groups is 1. The molecular weight excluding hydrogens is 473 g/mol. The number of hydrogen-bond acceptors (Lipinski definition) is 2. The van der Waals surface area contributed by atoms with Crippen LogP contribution < -0.4 is 20.7 Å². The third kappa shape index (κ3) is 4.78. The summed E-state index contributed by atoms with van der Waals surface area (Å²) in [6.07, 6.45) is 0.256. The molecule has 0 spiro atoms. The first-order valence-corrected chi connectivity index (χ1v) is 13.0. The highest BCUT2D eigenvalue weighted by molar-refractivity contribution is 7.80. The van der Waals surface area contributed by atoms with E-state index in [1.807, 2.05) is 60.7 Å². The Kier molecular flexibility index (Phi) is 6.88. The standard InChI is InChI=1S/C31H23F2O2P/c1-2-30(34)35-28-20-11-21-7-3-4-8-26(21)31(28)27-9-5-6-10-29(27)36(24-16-12-22(32)13-17-24)25-18-14-23(33)15-19-25/h3-20H,2H2,1H3. The van der Waals surface area contributed by atoms with Crippen molar-refractivity contribution >= 4 is 40.6 Å². The summed E-state index contributed by atoms with van der Waals surface area (Å²) in [5.41, 5.74) is 1.73. The van der Waals surface area contributed by atoms with Crippen molar-refractivity contribution in [3.05, 3.63) is 121 Å². The van der Waals surface area contributed by atoms with Crippen LogP contribution >= 0.6 is 7.92 Å². The second kappa shape index (κ2) is 10.4.